The number of benzene rings is 1. The first-order chi connectivity index (χ1) is 8.99. The highest BCUT2D eigenvalue weighted by Gasteiger charge is 2.20. The Hall–Kier alpha value is -1.88. The number of hydrogen-bond donors (Lipinski definition) is 2. The molecule has 5 nitrogen and oxygen atoms in total. The zero-order valence-corrected chi connectivity index (χ0v) is 11.1. The number of carboxylic acids is 1. The van der Waals surface area contributed by atoms with Crippen LogP contribution < -0.4 is 5.32 Å². The SMILES string of the molecule is CC(C)OCC(=O)N[C@H](Cc1ccccc1)C(=O)O. The molecular weight excluding hydrogens is 246 g/mol. The van der Waals surface area contributed by atoms with Crippen LogP contribution in [0.15, 0.2) is 30.3 Å². The molecule has 0 spiro atoms. The van der Waals surface area contributed by atoms with Gasteiger partial charge in [-0.1, -0.05) is 30.3 Å². The first-order valence-corrected chi connectivity index (χ1v) is 6.16. The van der Waals surface area contributed by atoms with Gasteiger partial charge >= 0.3 is 5.97 Å². The standard InChI is InChI=1S/C14H19NO4/c1-10(2)19-9-13(16)15-12(14(17)18)8-11-6-4-3-5-7-11/h3-7,10,12H,8-9H2,1-2H3,(H,15,16)(H,17,18)/t12-/m1/s1. The fourth-order valence-electron chi connectivity index (χ4n) is 1.53. The summed E-state index contributed by atoms with van der Waals surface area (Å²) in [5, 5.41) is 11.6. The molecule has 104 valence electrons. The molecule has 1 rings (SSSR count). The number of carbonyl (C=O) groups is 2. The lowest BCUT2D eigenvalue weighted by molar-refractivity contribution is -0.142. The molecule has 0 aromatic heterocycles. The average molecular weight is 265 g/mol. The molecule has 0 radical (unpaired) electrons. The molecule has 0 saturated heterocycles. The van der Waals surface area contributed by atoms with E-state index in [0.29, 0.717) is 0 Å². The van der Waals surface area contributed by atoms with Gasteiger partial charge in [-0.25, -0.2) is 4.79 Å². The minimum absolute atomic E-state index is 0.0665. The molecule has 0 saturated carbocycles. The molecule has 0 heterocycles. The summed E-state index contributed by atoms with van der Waals surface area (Å²) in [5.74, 6) is -1.47. The molecule has 1 atom stereocenters. The van der Waals surface area contributed by atoms with E-state index in [9.17, 15) is 9.59 Å². The zero-order chi connectivity index (χ0) is 14.3. The summed E-state index contributed by atoms with van der Waals surface area (Å²) in [6.45, 7) is 3.49. The highest BCUT2D eigenvalue weighted by Crippen LogP contribution is 2.03. The maximum absolute atomic E-state index is 11.6. The Morgan fingerprint density at radius 1 is 1.26 bits per heavy atom. The third-order valence-corrected chi connectivity index (χ3v) is 2.46. The molecule has 0 aliphatic heterocycles. The molecule has 5 heteroatoms. The molecule has 1 aromatic rings. The highest BCUT2D eigenvalue weighted by molar-refractivity contribution is 5.84. The van der Waals surface area contributed by atoms with E-state index in [1.54, 1.807) is 0 Å². The number of carboxylic acid groups (broad SMARTS) is 1. The fourth-order valence-corrected chi connectivity index (χ4v) is 1.53. The molecule has 2 N–H and O–H groups in total. The molecule has 19 heavy (non-hydrogen) atoms. The Kier molecular flexibility index (Phi) is 6.02. The van der Waals surface area contributed by atoms with E-state index in [-0.39, 0.29) is 19.1 Å². The fraction of sp³-hybridized carbons (Fsp3) is 0.429. The van der Waals surface area contributed by atoms with E-state index < -0.39 is 17.9 Å². The van der Waals surface area contributed by atoms with Crippen molar-refractivity contribution in [3.63, 3.8) is 0 Å². The van der Waals surface area contributed by atoms with Crippen LogP contribution in [0.5, 0.6) is 0 Å². The molecule has 1 aromatic carbocycles. The van der Waals surface area contributed by atoms with Crippen LogP contribution in [0.4, 0.5) is 0 Å². The average Bonchev–Trinajstić information content (AvgIpc) is 2.36. The monoisotopic (exact) mass is 265 g/mol. The zero-order valence-electron chi connectivity index (χ0n) is 11.1. The summed E-state index contributed by atoms with van der Waals surface area (Å²) < 4.78 is 5.13. The Labute approximate surface area is 112 Å². The van der Waals surface area contributed by atoms with E-state index >= 15 is 0 Å². The van der Waals surface area contributed by atoms with Crippen LogP contribution in [0.25, 0.3) is 0 Å². The summed E-state index contributed by atoms with van der Waals surface area (Å²) in [7, 11) is 0. The molecule has 0 bridgehead atoms. The van der Waals surface area contributed by atoms with Crippen LogP contribution in [0, 0.1) is 0 Å². The van der Waals surface area contributed by atoms with Crippen molar-refractivity contribution in [3.05, 3.63) is 35.9 Å². The summed E-state index contributed by atoms with van der Waals surface area (Å²) in [6.07, 6.45) is 0.187. The van der Waals surface area contributed by atoms with E-state index in [1.165, 1.54) is 0 Å². The van der Waals surface area contributed by atoms with Crippen molar-refractivity contribution >= 4 is 11.9 Å². The van der Waals surface area contributed by atoms with Gasteiger partial charge in [0.25, 0.3) is 0 Å². The maximum atomic E-state index is 11.6. The van der Waals surface area contributed by atoms with Crippen LogP contribution in [0.1, 0.15) is 19.4 Å². The Bertz CT molecular complexity index is 417. The summed E-state index contributed by atoms with van der Waals surface area (Å²) in [4.78, 5) is 22.7. The Morgan fingerprint density at radius 3 is 2.42 bits per heavy atom. The van der Waals surface area contributed by atoms with Gasteiger partial charge < -0.3 is 15.2 Å². The maximum Gasteiger partial charge on any atom is 0.326 e. The van der Waals surface area contributed by atoms with Gasteiger partial charge in [0.2, 0.25) is 5.91 Å². The lowest BCUT2D eigenvalue weighted by Crippen LogP contribution is -2.44. The normalized spacial score (nSPS) is 12.2. The molecule has 0 aliphatic carbocycles. The van der Waals surface area contributed by atoms with Crippen LogP contribution in [-0.4, -0.2) is 35.7 Å². The number of carbonyl (C=O) groups excluding carboxylic acids is 1. The van der Waals surface area contributed by atoms with Crippen LogP contribution in [-0.2, 0) is 20.7 Å². The second kappa shape index (κ2) is 7.53. The van der Waals surface area contributed by atoms with E-state index in [2.05, 4.69) is 5.32 Å². The number of rotatable bonds is 7. The van der Waals surface area contributed by atoms with Crippen LogP contribution in [0.3, 0.4) is 0 Å². The lowest BCUT2D eigenvalue weighted by atomic mass is 10.1. The molecule has 0 fully saturated rings. The highest BCUT2D eigenvalue weighted by atomic mass is 16.5. The van der Waals surface area contributed by atoms with Crippen molar-refractivity contribution in [1.29, 1.82) is 0 Å². The summed E-state index contributed by atoms with van der Waals surface area (Å²) in [6, 6.07) is 8.23. The van der Waals surface area contributed by atoms with Crippen molar-refractivity contribution in [2.45, 2.75) is 32.4 Å². The van der Waals surface area contributed by atoms with Gasteiger partial charge in [-0.3, -0.25) is 4.79 Å². The van der Waals surface area contributed by atoms with Crippen molar-refractivity contribution in [2.75, 3.05) is 6.61 Å². The molecule has 0 unspecified atom stereocenters. The van der Waals surface area contributed by atoms with Gasteiger partial charge in [-0.2, -0.15) is 0 Å². The van der Waals surface area contributed by atoms with Gasteiger partial charge in [0.1, 0.15) is 12.6 Å². The molecular formula is C14H19NO4. The van der Waals surface area contributed by atoms with E-state index in [0.717, 1.165) is 5.56 Å². The number of hydrogen-bond acceptors (Lipinski definition) is 3. The number of ether oxygens (including phenoxy) is 1. The number of amides is 1. The quantitative estimate of drug-likeness (QED) is 0.777. The summed E-state index contributed by atoms with van der Waals surface area (Å²) in [5.41, 5.74) is 0.861. The van der Waals surface area contributed by atoms with Gasteiger partial charge in [0, 0.05) is 6.42 Å². The van der Waals surface area contributed by atoms with Crippen molar-refractivity contribution < 1.29 is 19.4 Å². The van der Waals surface area contributed by atoms with Crippen LogP contribution in [0.2, 0.25) is 0 Å². The second-order valence-electron chi connectivity index (χ2n) is 4.51. The first-order valence-electron chi connectivity index (χ1n) is 6.16. The second-order valence-corrected chi connectivity index (χ2v) is 4.51. The van der Waals surface area contributed by atoms with Gasteiger partial charge in [-0.15, -0.1) is 0 Å². The first kappa shape index (κ1) is 15.2. The van der Waals surface area contributed by atoms with Gasteiger partial charge in [0.05, 0.1) is 6.10 Å². The smallest absolute Gasteiger partial charge is 0.326 e. The van der Waals surface area contributed by atoms with Gasteiger partial charge in [0.15, 0.2) is 0 Å². The van der Waals surface area contributed by atoms with Crippen molar-refractivity contribution in [2.24, 2.45) is 0 Å². The predicted octanol–water partition coefficient (Wildman–Crippen LogP) is 1.22. The lowest BCUT2D eigenvalue weighted by Gasteiger charge is -2.15. The Balaban J connectivity index is 2.54. The largest absolute Gasteiger partial charge is 0.480 e. The summed E-state index contributed by atoms with van der Waals surface area (Å²) >= 11 is 0. The van der Waals surface area contributed by atoms with E-state index in [1.807, 2.05) is 44.2 Å². The topological polar surface area (TPSA) is 75.6 Å². The number of aliphatic carboxylic acids is 1. The minimum Gasteiger partial charge on any atom is -0.480 e. The Morgan fingerprint density at radius 2 is 1.89 bits per heavy atom. The van der Waals surface area contributed by atoms with Gasteiger partial charge in [-0.05, 0) is 19.4 Å². The minimum atomic E-state index is -1.05. The predicted molar refractivity (Wildman–Crippen MR) is 70.8 cm³/mol. The number of nitrogens with one attached hydrogen (secondary N) is 1. The third-order valence-electron chi connectivity index (χ3n) is 2.46. The van der Waals surface area contributed by atoms with Crippen molar-refractivity contribution in [1.82, 2.24) is 5.32 Å². The third kappa shape index (κ3) is 6.01. The molecule has 1 amide bonds. The van der Waals surface area contributed by atoms with E-state index in [4.69, 9.17) is 9.84 Å². The molecule has 0 aliphatic rings. The van der Waals surface area contributed by atoms with Crippen LogP contribution >= 0.6 is 0 Å². The van der Waals surface area contributed by atoms with Crippen molar-refractivity contribution in [3.8, 4) is 0 Å².